The lowest BCUT2D eigenvalue weighted by Crippen LogP contribution is -2.36. The number of nitrogens with one attached hydrogen (secondary N) is 1. The Labute approximate surface area is 144 Å². The van der Waals surface area contributed by atoms with E-state index >= 15 is 0 Å². The Morgan fingerprint density at radius 3 is 2.32 bits per heavy atom. The largest absolute Gasteiger partial charge is 0.452 e. The van der Waals surface area contributed by atoms with Crippen LogP contribution in [0.25, 0.3) is 0 Å². The van der Waals surface area contributed by atoms with Crippen LogP contribution < -0.4 is 5.32 Å². The van der Waals surface area contributed by atoms with Crippen molar-refractivity contribution in [2.24, 2.45) is 0 Å². The number of esters is 1. The fraction of sp³-hybridized carbons (Fsp3) is 0.263. The van der Waals surface area contributed by atoms with Gasteiger partial charge in [0, 0.05) is 6.04 Å². The summed E-state index contributed by atoms with van der Waals surface area (Å²) in [6.45, 7) is 1.24. The van der Waals surface area contributed by atoms with Gasteiger partial charge >= 0.3 is 5.97 Å². The van der Waals surface area contributed by atoms with Gasteiger partial charge in [-0.05, 0) is 37.5 Å². The maximum Gasteiger partial charge on any atom is 0.344 e. The molecule has 0 radical (unpaired) electrons. The lowest BCUT2D eigenvalue weighted by molar-refractivity contribution is -0.124. The molecule has 2 aromatic rings. The van der Waals surface area contributed by atoms with Gasteiger partial charge in [-0.1, -0.05) is 36.4 Å². The van der Waals surface area contributed by atoms with Gasteiger partial charge in [0.05, 0.1) is 0 Å². The van der Waals surface area contributed by atoms with E-state index in [1.807, 2.05) is 37.3 Å². The van der Waals surface area contributed by atoms with Crippen molar-refractivity contribution >= 4 is 11.9 Å². The standard InChI is InChI=1S/C19H19F2NO3/c1-13(10-11-14-6-3-2-4-7-14)22-17(23)12-25-19(24)18-15(20)8-5-9-16(18)21/h2-9,13H,10-12H2,1H3,(H,22,23). The topological polar surface area (TPSA) is 55.4 Å². The summed E-state index contributed by atoms with van der Waals surface area (Å²) < 4.78 is 31.6. The normalized spacial score (nSPS) is 11.6. The van der Waals surface area contributed by atoms with Crippen molar-refractivity contribution in [1.82, 2.24) is 5.32 Å². The molecule has 0 aliphatic heterocycles. The molecule has 1 N–H and O–H groups in total. The summed E-state index contributed by atoms with van der Waals surface area (Å²) in [6.07, 6.45) is 1.51. The highest BCUT2D eigenvalue weighted by atomic mass is 19.1. The Morgan fingerprint density at radius 1 is 1.04 bits per heavy atom. The predicted molar refractivity (Wildman–Crippen MR) is 89.0 cm³/mol. The van der Waals surface area contributed by atoms with Gasteiger partial charge < -0.3 is 10.1 Å². The maximum atomic E-state index is 13.5. The van der Waals surface area contributed by atoms with Crippen LogP contribution in [0.5, 0.6) is 0 Å². The molecule has 2 aromatic carbocycles. The Bertz CT molecular complexity index is 714. The number of ether oxygens (including phenoxy) is 1. The minimum atomic E-state index is -1.21. The van der Waals surface area contributed by atoms with E-state index in [-0.39, 0.29) is 6.04 Å². The molecule has 0 aliphatic carbocycles. The van der Waals surface area contributed by atoms with Gasteiger partial charge in [-0.15, -0.1) is 0 Å². The lowest BCUT2D eigenvalue weighted by atomic mass is 10.1. The molecular formula is C19H19F2NO3. The summed E-state index contributed by atoms with van der Waals surface area (Å²) >= 11 is 0. The molecule has 25 heavy (non-hydrogen) atoms. The summed E-state index contributed by atoms with van der Waals surface area (Å²) in [4.78, 5) is 23.5. The number of aryl methyl sites for hydroxylation is 1. The van der Waals surface area contributed by atoms with E-state index in [0.29, 0.717) is 6.42 Å². The van der Waals surface area contributed by atoms with Crippen LogP contribution in [0.2, 0.25) is 0 Å². The van der Waals surface area contributed by atoms with E-state index < -0.39 is 35.7 Å². The second kappa shape index (κ2) is 8.92. The zero-order chi connectivity index (χ0) is 18.2. The van der Waals surface area contributed by atoms with Crippen LogP contribution in [-0.4, -0.2) is 24.5 Å². The first-order valence-electron chi connectivity index (χ1n) is 7.92. The van der Waals surface area contributed by atoms with Crippen molar-refractivity contribution in [2.45, 2.75) is 25.8 Å². The van der Waals surface area contributed by atoms with Crippen molar-refractivity contribution in [3.63, 3.8) is 0 Å². The number of benzene rings is 2. The first kappa shape index (κ1) is 18.6. The van der Waals surface area contributed by atoms with Gasteiger partial charge in [0.25, 0.3) is 5.91 Å². The minimum absolute atomic E-state index is 0.128. The Morgan fingerprint density at radius 2 is 1.68 bits per heavy atom. The third kappa shape index (κ3) is 5.67. The number of carbonyl (C=O) groups is 2. The molecule has 132 valence electrons. The third-order valence-corrected chi connectivity index (χ3v) is 3.62. The number of amides is 1. The molecule has 6 heteroatoms. The minimum Gasteiger partial charge on any atom is -0.452 e. The Hall–Kier alpha value is -2.76. The van der Waals surface area contributed by atoms with Crippen molar-refractivity contribution in [1.29, 1.82) is 0 Å². The zero-order valence-corrected chi connectivity index (χ0v) is 13.8. The van der Waals surface area contributed by atoms with Crippen LogP contribution >= 0.6 is 0 Å². The van der Waals surface area contributed by atoms with Crippen molar-refractivity contribution in [3.05, 3.63) is 71.3 Å². The summed E-state index contributed by atoms with van der Waals surface area (Å²) in [5, 5.41) is 2.68. The molecular weight excluding hydrogens is 328 g/mol. The smallest absolute Gasteiger partial charge is 0.344 e. The first-order valence-corrected chi connectivity index (χ1v) is 7.92. The maximum absolute atomic E-state index is 13.5. The monoisotopic (exact) mass is 347 g/mol. The van der Waals surface area contributed by atoms with Crippen LogP contribution in [-0.2, 0) is 16.0 Å². The molecule has 0 spiro atoms. The van der Waals surface area contributed by atoms with E-state index in [0.717, 1.165) is 30.2 Å². The van der Waals surface area contributed by atoms with Gasteiger partial charge in [-0.25, -0.2) is 13.6 Å². The van der Waals surface area contributed by atoms with Crippen LogP contribution in [0.15, 0.2) is 48.5 Å². The molecule has 0 bridgehead atoms. The SMILES string of the molecule is CC(CCc1ccccc1)NC(=O)COC(=O)c1c(F)cccc1F. The summed E-state index contributed by atoms with van der Waals surface area (Å²) in [5.41, 5.74) is 0.359. The molecule has 2 rings (SSSR count). The Balaban J connectivity index is 1.77. The number of hydrogen-bond donors (Lipinski definition) is 1. The highest BCUT2D eigenvalue weighted by Gasteiger charge is 2.19. The molecule has 0 heterocycles. The van der Waals surface area contributed by atoms with Gasteiger partial charge in [0.1, 0.15) is 17.2 Å². The quantitative estimate of drug-likeness (QED) is 0.782. The lowest BCUT2D eigenvalue weighted by Gasteiger charge is -2.14. The Kier molecular flexibility index (Phi) is 6.62. The van der Waals surface area contributed by atoms with Gasteiger partial charge in [-0.2, -0.15) is 0 Å². The van der Waals surface area contributed by atoms with Crippen LogP contribution in [0, 0.1) is 11.6 Å². The van der Waals surface area contributed by atoms with Crippen LogP contribution in [0.4, 0.5) is 8.78 Å². The second-order valence-electron chi connectivity index (χ2n) is 5.67. The van der Waals surface area contributed by atoms with Crippen LogP contribution in [0.1, 0.15) is 29.3 Å². The molecule has 0 fully saturated rings. The van der Waals surface area contributed by atoms with E-state index in [1.54, 1.807) is 0 Å². The highest BCUT2D eigenvalue weighted by Crippen LogP contribution is 2.13. The third-order valence-electron chi connectivity index (χ3n) is 3.62. The van der Waals surface area contributed by atoms with E-state index in [9.17, 15) is 18.4 Å². The molecule has 0 aromatic heterocycles. The van der Waals surface area contributed by atoms with Crippen LogP contribution in [0.3, 0.4) is 0 Å². The molecule has 4 nitrogen and oxygen atoms in total. The molecule has 0 aliphatic rings. The van der Waals surface area contributed by atoms with Crippen molar-refractivity contribution in [2.75, 3.05) is 6.61 Å². The number of rotatable bonds is 7. The fourth-order valence-corrected chi connectivity index (χ4v) is 2.31. The number of hydrogen-bond acceptors (Lipinski definition) is 3. The second-order valence-corrected chi connectivity index (χ2v) is 5.67. The fourth-order valence-electron chi connectivity index (χ4n) is 2.31. The zero-order valence-electron chi connectivity index (χ0n) is 13.8. The summed E-state index contributed by atoms with van der Waals surface area (Å²) in [5.74, 6) is -3.78. The van der Waals surface area contributed by atoms with Gasteiger partial charge in [0.2, 0.25) is 0 Å². The van der Waals surface area contributed by atoms with Gasteiger partial charge in [-0.3, -0.25) is 4.79 Å². The molecule has 0 saturated heterocycles. The van der Waals surface area contributed by atoms with Crippen molar-refractivity contribution in [3.8, 4) is 0 Å². The molecule has 1 amide bonds. The highest BCUT2D eigenvalue weighted by molar-refractivity contribution is 5.91. The van der Waals surface area contributed by atoms with Crippen molar-refractivity contribution < 1.29 is 23.1 Å². The summed E-state index contributed by atoms with van der Waals surface area (Å²) in [6, 6.07) is 12.7. The summed E-state index contributed by atoms with van der Waals surface area (Å²) in [7, 11) is 0. The van der Waals surface area contributed by atoms with E-state index in [1.165, 1.54) is 0 Å². The molecule has 0 saturated carbocycles. The number of carbonyl (C=O) groups excluding carboxylic acids is 2. The van der Waals surface area contributed by atoms with E-state index in [4.69, 9.17) is 0 Å². The molecule has 1 atom stereocenters. The van der Waals surface area contributed by atoms with Gasteiger partial charge in [0.15, 0.2) is 6.61 Å². The number of halogens is 2. The average Bonchev–Trinajstić information content (AvgIpc) is 2.59. The average molecular weight is 347 g/mol. The molecule has 1 unspecified atom stereocenters. The van der Waals surface area contributed by atoms with E-state index in [2.05, 4.69) is 10.1 Å². The predicted octanol–water partition coefficient (Wildman–Crippen LogP) is 3.26. The first-order chi connectivity index (χ1) is 12.0.